The van der Waals surface area contributed by atoms with Gasteiger partial charge in [-0.25, -0.2) is 4.98 Å². The first-order valence-corrected chi connectivity index (χ1v) is 6.22. The van der Waals surface area contributed by atoms with Gasteiger partial charge >= 0.3 is 5.97 Å². The number of aromatic nitrogens is 3. The molecule has 0 bridgehead atoms. The topological polar surface area (TPSA) is 67.9 Å². The molecule has 1 N–H and O–H groups in total. The maximum atomic E-state index is 11.9. The van der Waals surface area contributed by atoms with Crippen LogP contribution in [0.4, 0.5) is 0 Å². The molecule has 1 atom stereocenters. The maximum Gasteiger partial charge on any atom is 0.317 e. The molecule has 5 heteroatoms. The van der Waals surface area contributed by atoms with Gasteiger partial charge in [-0.3, -0.25) is 9.89 Å². The number of nitrogens with one attached hydrogen (secondary N) is 1. The van der Waals surface area contributed by atoms with Crippen molar-refractivity contribution in [3.8, 4) is 0 Å². The van der Waals surface area contributed by atoms with Crippen molar-refractivity contribution in [1.82, 2.24) is 15.2 Å². The van der Waals surface area contributed by atoms with Gasteiger partial charge in [0.15, 0.2) is 5.82 Å². The quantitative estimate of drug-likeness (QED) is 0.795. The maximum absolute atomic E-state index is 11.9. The van der Waals surface area contributed by atoms with Crippen LogP contribution in [0.15, 0.2) is 0 Å². The second-order valence-electron chi connectivity index (χ2n) is 4.83. The van der Waals surface area contributed by atoms with E-state index in [2.05, 4.69) is 15.2 Å². The molecule has 1 aliphatic rings. The van der Waals surface area contributed by atoms with Gasteiger partial charge in [0.05, 0.1) is 6.61 Å². The highest BCUT2D eigenvalue weighted by atomic mass is 16.5. The second-order valence-corrected chi connectivity index (χ2v) is 4.83. The molecular formula is C12H19N3O2. The van der Waals surface area contributed by atoms with Gasteiger partial charge in [0.25, 0.3) is 0 Å². The van der Waals surface area contributed by atoms with E-state index in [-0.39, 0.29) is 17.8 Å². The van der Waals surface area contributed by atoms with Crippen molar-refractivity contribution in [2.75, 3.05) is 6.61 Å². The van der Waals surface area contributed by atoms with E-state index in [9.17, 15) is 4.79 Å². The number of aromatic amines is 1. The zero-order valence-corrected chi connectivity index (χ0v) is 10.6. The number of esters is 1. The summed E-state index contributed by atoms with van der Waals surface area (Å²) in [7, 11) is 0. The SMILES string of the molecule is CCOC(=O)C(c1n[nH]c(C2CC2)n1)C(C)C. The van der Waals surface area contributed by atoms with Crippen LogP contribution < -0.4 is 0 Å². The molecule has 17 heavy (non-hydrogen) atoms. The summed E-state index contributed by atoms with van der Waals surface area (Å²) in [5.41, 5.74) is 0. The molecule has 1 heterocycles. The van der Waals surface area contributed by atoms with Crippen molar-refractivity contribution in [3.05, 3.63) is 11.6 Å². The summed E-state index contributed by atoms with van der Waals surface area (Å²) in [5, 5.41) is 7.10. The molecule has 0 aliphatic heterocycles. The van der Waals surface area contributed by atoms with E-state index in [1.54, 1.807) is 0 Å². The van der Waals surface area contributed by atoms with E-state index in [1.807, 2.05) is 20.8 Å². The van der Waals surface area contributed by atoms with E-state index in [1.165, 1.54) is 12.8 Å². The molecule has 5 nitrogen and oxygen atoms in total. The monoisotopic (exact) mass is 237 g/mol. The first-order chi connectivity index (χ1) is 8.13. The average Bonchev–Trinajstić information content (AvgIpc) is 3.00. The van der Waals surface area contributed by atoms with Crippen LogP contribution in [0.25, 0.3) is 0 Å². The number of carbonyl (C=O) groups is 1. The van der Waals surface area contributed by atoms with E-state index in [4.69, 9.17) is 4.74 Å². The van der Waals surface area contributed by atoms with Gasteiger partial charge in [-0.2, -0.15) is 5.10 Å². The summed E-state index contributed by atoms with van der Waals surface area (Å²) in [6, 6.07) is 0. The van der Waals surface area contributed by atoms with Crippen molar-refractivity contribution < 1.29 is 9.53 Å². The Balaban J connectivity index is 2.15. The van der Waals surface area contributed by atoms with Gasteiger partial charge in [-0.05, 0) is 25.7 Å². The summed E-state index contributed by atoms with van der Waals surface area (Å²) in [4.78, 5) is 16.3. The minimum atomic E-state index is -0.362. The zero-order chi connectivity index (χ0) is 12.4. The Morgan fingerprint density at radius 3 is 2.76 bits per heavy atom. The molecule has 1 aromatic rings. The van der Waals surface area contributed by atoms with Gasteiger partial charge < -0.3 is 4.74 Å². The lowest BCUT2D eigenvalue weighted by Crippen LogP contribution is -2.22. The fraction of sp³-hybridized carbons (Fsp3) is 0.750. The molecule has 1 saturated carbocycles. The van der Waals surface area contributed by atoms with Gasteiger partial charge in [0.1, 0.15) is 11.7 Å². The Kier molecular flexibility index (Phi) is 3.45. The third kappa shape index (κ3) is 2.65. The highest BCUT2D eigenvalue weighted by Gasteiger charge is 2.32. The molecule has 1 aromatic heterocycles. The minimum Gasteiger partial charge on any atom is -0.465 e. The van der Waals surface area contributed by atoms with Crippen molar-refractivity contribution in [2.24, 2.45) is 5.92 Å². The lowest BCUT2D eigenvalue weighted by atomic mass is 9.95. The van der Waals surface area contributed by atoms with E-state index >= 15 is 0 Å². The van der Waals surface area contributed by atoms with Crippen molar-refractivity contribution in [1.29, 1.82) is 0 Å². The Bertz CT molecular complexity index is 396. The summed E-state index contributed by atoms with van der Waals surface area (Å²) in [6.07, 6.45) is 2.33. The van der Waals surface area contributed by atoms with Gasteiger partial charge in [0.2, 0.25) is 0 Å². The molecule has 94 valence electrons. The molecule has 0 spiro atoms. The van der Waals surface area contributed by atoms with Crippen LogP contribution in [0, 0.1) is 5.92 Å². The first-order valence-electron chi connectivity index (χ1n) is 6.22. The third-order valence-electron chi connectivity index (χ3n) is 2.97. The van der Waals surface area contributed by atoms with Crippen LogP contribution in [-0.2, 0) is 9.53 Å². The van der Waals surface area contributed by atoms with E-state index < -0.39 is 0 Å². The predicted molar refractivity (Wildman–Crippen MR) is 62.6 cm³/mol. The van der Waals surface area contributed by atoms with Gasteiger partial charge in [-0.1, -0.05) is 13.8 Å². The summed E-state index contributed by atoms with van der Waals surface area (Å²) < 4.78 is 5.07. The number of nitrogens with zero attached hydrogens (tertiary/aromatic N) is 2. The number of hydrogen-bond donors (Lipinski definition) is 1. The molecule has 1 unspecified atom stereocenters. The molecule has 1 fully saturated rings. The summed E-state index contributed by atoms with van der Waals surface area (Å²) >= 11 is 0. The van der Waals surface area contributed by atoms with Crippen LogP contribution in [0.2, 0.25) is 0 Å². The number of rotatable bonds is 5. The second kappa shape index (κ2) is 4.85. The van der Waals surface area contributed by atoms with Crippen LogP contribution in [0.5, 0.6) is 0 Å². The van der Waals surface area contributed by atoms with Crippen LogP contribution >= 0.6 is 0 Å². The van der Waals surface area contributed by atoms with Crippen LogP contribution in [0.1, 0.15) is 57.1 Å². The Morgan fingerprint density at radius 2 is 2.24 bits per heavy atom. The van der Waals surface area contributed by atoms with Gasteiger partial charge in [-0.15, -0.1) is 0 Å². The average molecular weight is 237 g/mol. The molecule has 1 aliphatic carbocycles. The van der Waals surface area contributed by atoms with Gasteiger partial charge in [0, 0.05) is 5.92 Å². The standard InChI is InChI=1S/C12H19N3O2/c1-4-17-12(16)9(7(2)3)11-13-10(14-15-11)8-5-6-8/h7-9H,4-6H2,1-3H3,(H,13,14,15). The predicted octanol–water partition coefficient (Wildman–Crippen LogP) is 1.98. The number of H-pyrrole nitrogens is 1. The third-order valence-corrected chi connectivity index (χ3v) is 2.97. The number of hydrogen-bond acceptors (Lipinski definition) is 4. The first kappa shape index (κ1) is 12.1. The number of ether oxygens (including phenoxy) is 1. The molecule has 0 saturated heterocycles. The minimum absolute atomic E-state index is 0.136. The van der Waals surface area contributed by atoms with Crippen molar-refractivity contribution in [2.45, 2.75) is 45.4 Å². The van der Waals surface area contributed by atoms with Crippen molar-refractivity contribution >= 4 is 5.97 Å². The highest BCUT2D eigenvalue weighted by Crippen LogP contribution is 2.38. The van der Waals surface area contributed by atoms with E-state index in [0.717, 1.165) is 5.82 Å². The van der Waals surface area contributed by atoms with Crippen LogP contribution in [0.3, 0.4) is 0 Å². The summed E-state index contributed by atoms with van der Waals surface area (Å²) in [5.74, 6) is 1.54. The largest absolute Gasteiger partial charge is 0.465 e. The molecule has 0 radical (unpaired) electrons. The van der Waals surface area contributed by atoms with Crippen LogP contribution in [-0.4, -0.2) is 27.8 Å². The lowest BCUT2D eigenvalue weighted by molar-refractivity contribution is -0.146. The fourth-order valence-electron chi connectivity index (χ4n) is 1.87. The van der Waals surface area contributed by atoms with E-state index in [0.29, 0.717) is 18.3 Å². The fourth-order valence-corrected chi connectivity index (χ4v) is 1.87. The Labute approximate surface area is 101 Å². The Hall–Kier alpha value is -1.39. The number of carbonyl (C=O) groups excluding carboxylic acids is 1. The summed E-state index contributed by atoms with van der Waals surface area (Å²) in [6.45, 7) is 6.16. The lowest BCUT2D eigenvalue weighted by Gasteiger charge is -2.15. The normalized spacial score (nSPS) is 17.2. The molecule has 2 rings (SSSR count). The molecule has 0 aromatic carbocycles. The molecule has 0 amide bonds. The zero-order valence-electron chi connectivity index (χ0n) is 10.6. The molecular weight excluding hydrogens is 218 g/mol. The van der Waals surface area contributed by atoms with Crippen molar-refractivity contribution in [3.63, 3.8) is 0 Å². The smallest absolute Gasteiger partial charge is 0.317 e. The Morgan fingerprint density at radius 1 is 1.53 bits per heavy atom. The highest BCUT2D eigenvalue weighted by molar-refractivity contribution is 5.77.